The number of nitrogens with zero attached hydrogens (tertiary/aromatic N) is 2. The van der Waals surface area contributed by atoms with Gasteiger partial charge < -0.3 is 34.8 Å². The van der Waals surface area contributed by atoms with Crippen molar-refractivity contribution in [3.05, 3.63) is 24.3 Å². The lowest BCUT2D eigenvalue weighted by atomic mass is 9.85. The van der Waals surface area contributed by atoms with Gasteiger partial charge in [0.05, 0.1) is 5.60 Å². The lowest BCUT2D eigenvalue weighted by Gasteiger charge is -2.29. The molecule has 43 heavy (non-hydrogen) atoms. The summed E-state index contributed by atoms with van der Waals surface area (Å²) >= 11 is 1.63. The van der Waals surface area contributed by atoms with E-state index in [2.05, 4.69) is 0 Å². The third-order valence-corrected chi connectivity index (χ3v) is 8.18. The van der Waals surface area contributed by atoms with Crippen LogP contribution in [-0.2, 0) is 23.9 Å². The fraction of sp³-hybridized carbons (Fsp3) is 0.571. The first-order valence-electron chi connectivity index (χ1n) is 13.7. The molecule has 0 unspecified atom stereocenters. The lowest BCUT2D eigenvalue weighted by Crippen LogP contribution is -2.27. The van der Waals surface area contributed by atoms with E-state index in [1.807, 2.05) is 27.7 Å². The summed E-state index contributed by atoms with van der Waals surface area (Å²) in [6.45, 7) is 8.52. The molecule has 0 saturated carbocycles. The predicted octanol–water partition coefficient (Wildman–Crippen LogP) is 3.79. The van der Waals surface area contributed by atoms with Crippen molar-refractivity contribution < 1.29 is 54.0 Å². The van der Waals surface area contributed by atoms with Crippen molar-refractivity contribution in [2.45, 2.75) is 78.2 Å². The van der Waals surface area contributed by atoms with E-state index in [-0.39, 0.29) is 40.0 Å². The largest absolute Gasteiger partial charge is 0.492 e. The molecular formula is C28H40N2O11S2. The van der Waals surface area contributed by atoms with Crippen LogP contribution < -0.4 is 9.68 Å². The quantitative estimate of drug-likeness (QED) is 0.172. The first kappa shape index (κ1) is 35.9. The molecule has 15 heteroatoms. The van der Waals surface area contributed by atoms with Crippen molar-refractivity contribution in [2.24, 2.45) is 5.41 Å². The van der Waals surface area contributed by atoms with Crippen molar-refractivity contribution in [2.75, 3.05) is 18.1 Å². The molecule has 0 spiro atoms. The average molecular weight is 645 g/mol. The Morgan fingerprint density at radius 2 is 1.12 bits per heavy atom. The Hall–Kier alpha value is -3.30. The monoisotopic (exact) mass is 644 g/mol. The second-order valence-corrected chi connectivity index (χ2v) is 13.2. The number of hydrogen-bond acceptors (Lipinski definition) is 13. The fourth-order valence-corrected chi connectivity index (χ4v) is 4.93. The zero-order valence-electron chi connectivity index (χ0n) is 24.7. The summed E-state index contributed by atoms with van der Waals surface area (Å²) in [6, 6.07) is 4.65. The van der Waals surface area contributed by atoms with Crippen LogP contribution in [0.3, 0.4) is 0 Å². The van der Waals surface area contributed by atoms with E-state index < -0.39 is 41.1 Å². The van der Waals surface area contributed by atoms with Crippen LogP contribution in [0.2, 0.25) is 0 Å². The Morgan fingerprint density at radius 1 is 0.674 bits per heavy atom. The SMILES string of the molecule is CC(C)(CCOC(C)(C)CCCCC(=O)SCC(=O)On1c(O)ccc1O)CCC(=O)SCC(=O)On1c(O)ccc1O. The molecule has 0 bridgehead atoms. The molecule has 0 atom stereocenters. The molecule has 0 radical (unpaired) electrons. The summed E-state index contributed by atoms with van der Waals surface area (Å²) in [7, 11) is 0. The summed E-state index contributed by atoms with van der Waals surface area (Å²) in [5.41, 5.74) is -0.593. The second-order valence-electron chi connectivity index (χ2n) is 11.2. The molecule has 0 aliphatic rings. The van der Waals surface area contributed by atoms with Crippen LogP contribution >= 0.6 is 23.5 Å². The standard InChI is InChI=1S/C28H40N2O11S2/c1-27(2,14-12-26(38)43-18-24(36)41-30-21(33)10-11-22(30)34)15-16-39-28(3,4)13-6-5-7-25(37)42-17-23(35)40-29-19(31)8-9-20(29)32/h8-11,31-34H,5-7,12-18H2,1-4H3. The van der Waals surface area contributed by atoms with E-state index in [1.54, 1.807) is 0 Å². The lowest BCUT2D eigenvalue weighted by molar-refractivity contribution is -0.143. The molecule has 4 N–H and O–H groups in total. The fourth-order valence-electron chi connectivity index (χ4n) is 3.73. The number of unbranched alkanes of at least 4 members (excludes halogenated alkanes) is 1. The van der Waals surface area contributed by atoms with Gasteiger partial charge in [0.1, 0.15) is 11.5 Å². The highest BCUT2D eigenvalue weighted by molar-refractivity contribution is 8.14. The molecule has 2 aromatic rings. The van der Waals surface area contributed by atoms with Gasteiger partial charge in [-0.05, 0) is 44.9 Å². The van der Waals surface area contributed by atoms with Crippen LogP contribution in [0.4, 0.5) is 0 Å². The van der Waals surface area contributed by atoms with E-state index in [1.165, 1.54) is 0 Å². The van der Waals surface area contributed by atoms with Gasteiger partial charge in [-0.25, -0.2) is 9.59 Å². The number of rotatable bonds is 18. The van der Waals surface area contributed by atoms with Crippen LogP contribution in [0.1, 0.15) is 72.6 Å². The van der Waals surface area contributed by atoms with E-state index in [4.69, 9.17) is 14.4 Å². The molecule has 0 fully saturated rings. The van der Waals surface area contributed by atoms with Gasteiger partial charge in [0, 0.05) is 43.7 Å². The summed E-state index contributed by atoms with van der Waals surface area (Å²) < 4.78 is 7.24. The van der Waals surface area contributed by atoms with Crippen LogP contribution in [0.5, 0.6) is 23.5 Å². The molecular weight excluding hydrogens is 604 g/mol. The Morgan fingerprint density at radius 3 is 1.58 bits per heavy atom. The average Bonchev–Trinajstić information content (AvgIpc) is 3.42. The minimum atomic E-state index is -0.782. The van der Waals surface area contributed by atoms with E-state index in [0.717, 1.165) is 60.6 Å². The Balaban J connectivity index is 1.56. The van der Waals surface area contributed by atoms with Gasteiger partial charge in [0.15, 0.2) is 10.2 Å². The molecule has 0 aliphatic carbocycles. The molecule has 240 valence electrons. The molecule has 2 aromatic heterocycles. The molecule has 0 saturated heterocycles. The van der Waals surface area contributed by atoms with E-state index in [9.17, 15) is 39.6 Å². The van der Waals surface area contributed by atoms with Crippen LogP contribution in [0.25, 0.3) is 0 Å². The van der Waals surface area contributed by atoms with Crippen molar-refractivity contribution >= 4 is 45.7 Å². The van der Waals surface area contributed by atoms with E-state index >= 15 is 0 Å². The van der Waals surface area contributed by atoms with Crippen molar-refractivity contribution in [1.29, 1.82) is 0 Å². The number of thioether (sulfide) groups is 2. The third kappa shape index (κ3) is 13.3. The summed E-state index contributed by atoms with van der Waals surface area (Å²) in [4.78, 5) is 57.8. The Bertz CT molecular complexity index is 1210. The Labute approximate surface area is 258 Å². The summed E-state index contributed by atoms with van der Waals surface area (Å²) in [5, 5.41) is 37.6. The second kappa shape index (κ2) is 16.5. The maximum atomic E-state index is 12.3. The molecule has 0 aliphatic heterocycles. The maximum absolute atomic E-state index is 12.3. The summed E-state index contributed by atoms with van der Waals surface area (Å²) in [5.74, 6) is -3.80. The molecule has 0 aromatic carbocycles. The number of carbonyl (C=O) groups excluding carboxylic acids is 4. The van der Waals surface area contributed by atoms with Gasteiger partial charge in [-0.1, -0.05) is 43.8 Å². The molecule has 0 amide bonds. The van der Waals surface area contributed by atoms with Gasteiger partial charge >= 0.3 is 11.9 Å². The highest BCUT2D eigenvalue weighted by Crippen LogP contribution is 2.30. The van der Waals surface area contributed by atoms with Crippen LogP contribution in [-0.4, -0.2) is 75.8 Å². The highest BCUT2D eigenvalue weighted by atomic mass is 32.2. The minimum Gasteiger partial charge on any atom is -0.492 e. The maximum Gasteiger partial charge on any atom is 0.343 e. The van der Waals surface area contributed by atoms with Gasteiger partial charge in [-0.15, -0.1) is 9.46 Å². The van der Waals surface area contributed by atoms with Gasteiger partial charge in [0.25, 0.3) is 0 Å². The number of ether oxygens (including phenoxy) is 1. The molecule has 13 nitrogen and oxygen atoms in total. The topological polar surface area (TPSA) is 187 Å². The van der Waals surface area contributed by atoms with Crippen LogP contribution in [0, 0.1) is 5.41 Å². The zero-order chi connectivity index (χ0) is 32.2. The predicted molar refractivity (Wildman–Crippen MR) is 160 cm³/mol. The van der Waals surface area contributed by atoms with Gasteiger partial charge in [-0.3, -0.25) is 9.59 Å². The van der Waals surface area contributed by atoms with E-state index in [0.29, 0.717) is 35.3 Å². The van der Waals surface area contributed by atoms with Crippen molar-refractivity contribution in [3.8, 4) is 23.5 Å². The Kier molecular flexibility index (Phi) is 13.8. The number of aromatic hydroxyl groups is 4. The third-order valence-electron chi connectivity index (χ3n) is 6.37. The zero-order valence-corrected chi connectivity index (χ0v) is 26.4. The first-order chi connectivity index (χ1) is 20.1. The normalized spacial score (nSPS) is 11.8. The molecule has 2 rings (SSSR count). The van der Waals surface area contributed by atoms with Crippen LogP contribution in [0.15, 0.2) is 24.3 Å². The van der Waals surface area contributed by atoms with Gasteiger partial charge in [0.2, 0.25) is 23.5 Å². The molecule has 2 heterocycles. The number of hydrogen-bond donors (Lipinski definition) is 4. The summed E-state index contributed by atoms with van der Waals surface area (Å²) in [6.07, 6.45) is 3.95. The smallest absolute Gasteiger partial charge is 0.343 e. The minimum absolute atomic E-state index is 0.164. The number of aromatic nitrogens is 2. The highest BCUT2D eigenvalue weighted by Gasteiger charge is 2.24. The van der Waals surface area contributed by atoms with Crippen molar-refractivity contribution in [1.82, 2.24) is 9.46 Å². The first-order valence-corrected chi connectivity index (χ1v) is 15.6. The van der Waals surface area contributed by atoms with Gasteiger partial charge in [-0.2, -0.15) is 0 Å². The number of carbonyl (C=O) groups is 4. The van der Waals surface area contributed by atoms with Crippen molar-refractivity contribution in [3.63, 3.8) is 0 Å².